The number of aliphatic hydroxyl groups is 3. The van der Waals surface area contributed by atoms with Crippen LogP contribution in [0.15, 0.2) is 102 Å². The SMILES string of the molecule is CC/C=C\C/C=C\C/C=C\CCCCCCCC(=O)O[C@H](COC(=O)CCC/C=C\C/C=C\C/C=C\C/C=C\CCC[C@@H](C)O)COP(=O)(O)OP(=O)(O)OC[C@H]1O[C@@H](n2ccc(N)nc2=O)[C@H](O)[C@@H]1O. The molecule has 1 aromatic heterocycles. The highest BCUT2D eigenvalue weighted by Crippen LogP contribution is 2.60. The van der Waals surface area contributed by atoms with Crippen LogP contribution in [0.5, 0.6) is 0 Å². The smallest absolute Gasteiger partial charge is 0.462 e. The van der Waals surface area contributed by atoms with Gasteiger partial charge < -0.3 is 45.1 Å². The van der Waals surface area contributed by atoms with Crippen molar-refractivity contribution in [2.45, 2.75) is 173 Å². The number of phosphoric ester groups is 2. The average molecular weight is 1040 g/mol. The molecule has 0 spiro atoms. The molecule has 0 aromatic carbocycles. The van der Waals surface area contributed by atoms with Crippen LogP contribution < -0.4 is 11.4 Å². The van der Waals surface area contributed by atoms with E-state index in [1.54, 1.807) is 6.92 Å². The van der Waals surface area contributed by atoms with Gasteiger partial charge in [0.15, 0.2) is 12.3 Å². The topological polar surface area (TPSA) is 286 Å². The molecule has 1 saturated heterocycles. The number of aromatic nitrogens is 2. The Morgan fingerprint density at radius 3 is 1.85 bits per heavy atom. The van der Waals surface area contributed by atoms with Crippen LogP contribution in [0.2, 0.25) is 0 Å². The molecule has 0 aliphatic carbocycles. The fourth-order valence-electron chi connectivity index (χ4n) is 6.69. The van der Waals surface area contributed by atoms with Gasteiger partial charge >= 0.3 is 33.3 Å². The highest BCUT2D eigenvalue weighted by atomic mass is 31.3. The van der Waals surface area contributed by atoms with Crippen molar-refractivity contribution >= 4 is 33.4 Å². The number of anilines is 1. The van der Waals surface area contributed by atoms with Crippen LogP contribution in [0.4, 0.5) is 5.82 Å². The molecule has 2 unspecified atom stereocenters. The van der Waals surface area contributed by atoms with Gasteiger partial charge in [-0.05, 0) is 103 Å². The van der Waals surface area contributed by atoms with Gasteiger partial charge in [0, 0.05) is 19.0 Å². The molecular formula is C50H79N3O16P2. The van der Waals surface area contributed by atoms with Gasteiger partial charge in [-0.1, -0.05) is 111 Å². The molecule has 1 aliphatic heterocycles. The Labute approximate surface area is 419 Å². The molecule has 0 amide bonds. The second kappa shape index (κ2) is 37.6. The van der Waals surface area contributed by atoms with Crippen molar-refractivity contribution in [3.8, 4) is 0 Å². The summed E-state index contributed by atoms with van der Waals surface area (Å²) in [5.74, 6) is -1.41. The number of nitrogen functional groups attached to an aromatic ring is 1. The van der Waals surface area contributed by atoms with Crippen LogP contribution in [-0.4, -0.2) is 96.9 Å². The number of hydrogen-bond donors (Lipinski definition) is 6. The van der Waals surface area contributed by atoms with Gasteiger partial charge in [0.1, 0.15) is 30.7 Å². The van der Waals surface area contributed by atoms with E-state index in [1.807, 2.05) is 18.2 Å². The molecule has 1 fully saturated rings. The third-order valence-corrected chi connectivity index (χ3v) is 13.1. The molecule has 2 rings (SSSR count). The normalized spacial score (nSPS) is 20.3. The minimum absolute atomic E-state index is 0.00779. The Morgan fingerprint density at radius 2 is 1.25 bits per heavy atom. The zero-order chi connectivity index (χ0) is 52.2. The van der Waals surface area contributed by atoms with Crippen molar-refractivity contribution in [1.82, 2.24) is 9.55 Å². The number of allylic oxidation sites excluding steroid dienone is 14. The molecule has 71 heavy (non-hydrogen) atoms. The van der Waals surface area contributed by atoms with Gasteiger partial charge in [-0.25, -0.2) is 13.9 Å². The number of carbonyl (C=O) groups excluding carboxylic acids is 2. The predicted octanol–water partition coefficient (Wildman–Crippen LogP) is 8.86. The number of carbonyl (C=O) groups is 2. The molecule has 21 heteroatoms. The second-order valence-electron chi connectivity index (χ2n) is 16.9. The minimum Gasteiger partial charge on any atom is -0.462 e. The van der Waals surface area contributed by atoms with Crippen molar-refractivity contribution < 1.29 is 71.4 Å². The standard InChI is InChI=1S/C50H79N3O16P2/c1-3-4-5-6-7-8-9-10-12-17-20-23-26-29-32-35-46(56)67-42(38-64-45(55)34-31-28-25-22-19-16-14-11-13-15-18-21-24-27-30-33-41(2)54)39-65-70(60,61)69-71(62,63)66-40-43-47(57)48(58)49(68-43)53-37-36-44(51)52-50(53)59/h4-5,7-8,10,12-16,21-22,24-25,36-37,41-43,47-49,54,57-58H,3,6,9,11,17-20,23,26-35,38-40H2,1-2H3,(H,60,61)(H,62,63)(H2,51,52,59)/b5-4-,8-7-,12-10-,15-13-,16-14-,24-21-,25-22-/t41-,42-,43-,47-,48-,49-/m1/s1. The predicted molar refractivity (Wildman–Crippen MR) is 271 cm³/mol. The number of unbranched alkanes of at least 4 members (excludes halogenated alkanes) is 7. The fourth-order valence-corrected chi connectivity index (χ4v) is 8.80. The fraction of sp³-hybridized carbons (Fsp3) is 0.600. The van der Waals surface area contributed by atoms with Crippen LogP contribution in [0, 0.1) is 0 Å². The Hall–Kier alpha value is -4.10. The molecule has 8 atom stereocenters. The number of ether oxygens (including phenoxy) is 3. The van der Waals surface area contributed by atoms with E-state index in [0.717, 1.165) is 101 Å². The van der Waals surface area contributed by atoms with Gasteiger partial charge in [0.2, 0.25) is 0 Å². The molecule has 0 saturated carbocycles. The van der Waals surface area contributed by atoms with Crippen LogP contribution in [0.1, 0.15) is 142 Å². The quantitative estimate of drug-likeness (QED) is 0.0155. The Bertz CT molecular complexity index is 2030. The number of phosphoric acid groups is 2. The maximum absolute atomic E-state index is 12.8. The summed E-state index contributed by atoms with van der Waals surface area (Å²) in [5, 5.41) is 30.2. The van der Waals surface area contributed by atoms with E-state index in [4.69, 9.17) is 29.0 Å². The van der Waals surface area contributed by atoms with Crippen molar-refractivity contribution in [2.24, 2.45) is 0 Å². The number of esters is 2. The largest absolute Gasteiger partial charge is 0.481 e. The van der Waals surface area contributed by atoms with Crippen LogP contribution in [0.25, 0.3) is 0 Å². The average Bonchev–Trinajstić information content (AvgIpc) is 3.59. The van der Waals surface area contributed by atoms with E-state index in [0.29, 0.717) is 19.3 Å². The first-order valence-electron chi connectivity index (χ1n) is 24.6. The monoisotopic (exact) mass is 1040 g/mol. The van der Waals surface area contributed by atoms with Crippen molar-refractivity contribution in [3.63, 3.8) is 0 Å². The van der Waals surface area contributed by atoms with Crippen molar-refractivity contribution in [2.75, 3.05) is 25.6 Å². The Balaban J connectivity index is 1.84. The molecular weight excluding hydrogens is 961 g/mol. The van der Waals surface area contributed by atoms with Crippen LogP contribution in [-0.2, 0) is 46.3 Å². The molecule has 7 N–H and O–H groups in total. The molecule has 0 bridgehead atoms. The maximum Gasteiger partial charge on any atom is 0.481 e. The first kappa shape index (κ1) is 63.0. The van der Waals surface area contributed by atoms with Gasteiger partial charge in [-0.2, -0.15) is 9.29 Å². The molecule has 2 heterocycles. The third kappa shape index (κ3) is 31.2. The summed E-state index contributed by atoms with van der Waals surface area (Å²) in [5.41, 5.74) is 4.57. The maximum atomic E-state index is 12.8. The number of aliphatic hydroxyl groups excluding tert-OH is 3. The zero-order valence-corrected chi connectivity index (χ0v) is 43.1. The molecule has 0 radical (unpaired) electrons. The summed E-state index contributed by atoms with van der Waals surface area (Å²) >= 11 is 0. The van der Waals surface area contributed by atoms with Crippen LogP contribution >= 0.6 is 15.6 Å². The lowest BCUT2D eigenvalue weighted by Crippen LogP contribution is -2.36. The summed E-state index contributed by atoms with van der Waals surface area (Å²) < 4.78 is 56.6. The van der Waals surface area contributed by atoms with E-state index in [-0.39, 0.29) is 24.8 Å². The van der Waals surface area contributed by atoms with E-state index in [9.17, 15) is 48.6 Å². The lowest BCUT2D eigenvalue weighted by molar-refractivity contribution is -0.161. The Morgan fingerprint density at radius 1 is 0.732 bits per heavy atom. The Kier molecular flexibility index (Phi) is 33.4. The summed E-state index contributed by atoms with van der Waals surface area (Å²) in [7, 11) is -10.9. The van der Waals surface area contributed by atoms with Crippen molar-refractivity contribution in [1.29, 1.82) is 0 Å². The van der Waals surface area contributed by atoms with E-state index < -0.39 is 83.7 Å². The molecule has 19 nitrogen and oxygen atoms in total. The number of nitrogens with two attached hydrogens (primary N) is 1. The lowest BCUT2D eigenvalue weighted by Gasteiger charge is -2.21. The van der Waals surface area contributed by atoms with Crippen LogP contribution in [0.3, 0.4) is 0 Å². The minimum atomic E-state index is -5.45. The first-order chi connectivity index (χ1) is 34.0. The lowest BCUT2D eigenvalue weighted by atomic mass is 10.1. The third-order valence-electron chi connectivity index (χ3n) is 10.5. The summed E-state index contributed by atoms with van der Waals surface area (Å²) in [6, 6.07) is 1.24. The van der Waals surface area contributed by atoms with Crippen molar-refractivity contribution in [3.05, 3.63) is 108 Å². The van der Waals surface area contributed by atoms with E-state index >= 15 is 0 Å². The van der Waals surface area contributed by atoms with E-state index in [1.165, 1.54) is 6.07 Å². The highest BCUT2D eigenvalue weighted by molar-refractivity contribution is 7.61. The second-order valence-corrected chi connectivity index (χ2v) is 19.9. The zero-order valence-electron chi connectivity index (χ0n) is 41.4. The molecule has 400 valence electrons. The highest BCUT2D eigenvalue weighted by Gasteiger charge is 2.46. The van der Waals surface area contributed by atoms with Gasteiger partial charge in [-0.15, -0.1) is 0 Å². The number of rotatable bonds is 39. The van der Waals surface area contributed by atoms with Gasteiger partial charge in [-0.3, -0.25) is 23.2 Å². The van der Waals surface area contributed by atoms with Gasteiger partial charge in [0.25, 0.3) is 0 Å². The summed E-state index contributed by atoms with van der Waals surface area (Å²) in [6.07, 6.45) is 36.6. The number of nitrogens with zero attached hydrogens (tertiary/aromatic N) is 2. The molecule has 1 aliphatic rings. The van der Waals surface area contributed by atoms with Gasteiger partial charge in [0.05, 0.1) is 19.3 Å². The summed E-state index contributed by atoms with van der Waals surface area (Å²) in [6.45, 7) is 1.50. The number of hydrogen-bond acceptors (Lipinski definition) is 16. The first-order valence-corrected chi connectivity index (χ1v) is 27.6. The molecule has 1 aromatic rings. The summed E-state index contributed by atoms with van der Waals surface area (Å²) in [4.78, 5) is 61.8. The van der Waals surface area contributed by atoms with E-state index in [2.05, 4.69) is 83.1 Å².